The van der Waals surface area contributed by atoms with Gasteiger partial charge in [0.15, 0.2) is 11.5 Å². The number of amides is 1. The number of fused-ring (bicyclic) bond motifs is 4. The first kappa shape index (κ1) is 22.3. The van der Waals surface area contributed by atoms with Gasteiger partial charge in [0.05, 0.1) is 18.2 Å². The Balaban J connectivity index is 1.60. The third kappa shape index (κ3) is 3.36. The maximum absolute atomic E-state index is 13.1. The highest BCUT2D eigenvalue weighted by molar-refractivity contribution is 6.07. The largest absolute Gasteiger partial charge is 0.457 e. The van der Waals surface area contributed by atoms with Crippen LogP contribution in [-0.2, 0) is 4.74 Å². The monoisotopic (exact) mass is 469 g/mol. The van der Waals surface area contributed by atoms with Crippen molar-refractivity contribution in [1.82, 2.24) is 5.32 Å². The van der Waals surface area contributed by atoms with Gasteiger partial charge in [-0.2, -0.15) is 0 Å². The van der Waals surface area contributed by atoms with Gasteiger partial charge in [-0.3, -0.25) is 4.79 Å². The van der Waals surface area contributed by atoms with E-state index in [0.29, 0.717) is 5.57 Å². The van der Waals surface area contributed by atoms with Crippen LogP contribution >= 0.6 is 0 Å². The lowest BCUT2D eigenvalue weighted by Crippen LogP contribution is -2.60. The lowest BCUT2D eigenvalue weighted by molar-refractivity contribution is -0.277. The fourth-order valence-corrected chi connectivity index (χ4v) is 4.46. The highest BCUT2D eigenvalue weighted by atomic mass is 16.7. The summed E-state index contributed by atoms with van der Waals surface area (Å²) >= 11 is 0. The molecule has 1 fully saturated rings. The third-order valence-electron chi connectivity index (χ3n) is 6.25. The number of benzene rings is 1. The van der Waals surface area contributed by atoms with E-state index < -0.39 is 67.6 Å². The van der Waals surface area contributed by atoms with E-state index in [9.17, 15) is 40.5 Å². The van der Waals surface area contributed by atoms with Gasteiger partial charge < -0.3 is 60.0 Å². The number of nitrogens with one attached hydrogen (secondary N) is 1. The van der Waals surface area contributed by atoms with Crippen molar-refractivity contribution in [3.8, 4) is 17.2 Å². The summed E-state index contributed by atoms with van der Waals surface area (Å²) in [7, 11) is 0. The molecule has 9 atom stereocenters. The zero-order chi connectivity index (χ0) is 23.6. The summed E-state index contributed by atoms with van der Waals surface area (Å²) in [6, 6.07) is 0.441. The average Bonchev–Trinajstić information content (AvgIpc) is 3.27. The van der Waals surface area contributed by atoms with Crippen LogP contribution in [0, 0.1) is 0 Å². The molecule has 13 heteroatoms. The maximum Gasteiger partial charge on any atom is 0.256 e. The standard InChI is InChI=1S/C20H23NO12/c22-3-9-13(25)15(27)16(28)20(32-9)33-18-10-5(2-8-17(18)31-4-30-8)6-1-7(23)12(24)14(26)11(6)21-19(10)29/h1-2,7,9,11-16,20,22-28H,3-4H2,(H,21,29)/t7-,9+,11+,12+,13+,14-,15-,16+,20-/m0/s1. The predicted molar refractivity (Wildman–Crippen MR) is 104 cm³/mol. The number of carbonyl (C=O) groups is 1. The van der Waals surface area contributed by atoms with E-state index in [4.69, 9.17) is 18.9 Å². The first-order valence-electron chi connectivity index (χ1n) is 10.2. The van der Waals surface area contributed by atoms with Crippen LogP contribution in [0.3, 0.4) is 0 Å². The van der Waals surface area contributed by atoms with Crippen LogP contribution in [0.25, 0.3) is 5.57 Å². The molecule has 0 spiro atoms. The van der Waals surface area contributed by atoms with Crippen molar-refractivity contribution in [3.63, 3.8) is 0 Å². The molecule has 4 aliphatic rings. The summed E-state index contributed by atoms with van der Waals surface area (Å²) in [6.07, 6.45) is -11.0. The second kappa shape index (κ2) is 8.07. The summed E-state index contributed by atoms with van der Waals surface area (Å²) in [5.74, 6) is -0.751. The first-order chi connectivity index (χ1) is 15.7. The summed E-state index contributed by atoms with van der Waals surface area (Å²) < 4.78 is 22.0. The van der Waals surface area contributed by atoms with Gasteiger partial charge in [0.25, 0.3) is 5.91 Å². The molecular weight excluding hydrogens is 446 g/mol. The number of hydrogen-bond acceptors (Lipinski definition) is 12. The minimum absolute atomic E-state index is 0.0110. The molecule has 3 heterocycles. The van der Waals surface area contributed by atoms with Gasteiger partial charge in [0.1, 0.15) is 42.7 Å². The van der Waals surface area contributed by atoms with Gasteiger partial charge in [0.2, 0.25) is 18.8 Å². The van der Waals surface area contributed by atoms with Crippen LogP contribution in [-0.4, -0.2) is 110 Å². The molecule has 180 valence electrons. The number of aliphatic hydroxyl groups excluding tert-OH is 7. The predicted octanol–water partition coefficient (Wildman–Crippen LogP) is -3.81. The molecule has 3 aliphatic heterocycles. The van der Waals surface area contributed by atoms with Crippen LogP contribution < -0.4 is 19.5 Å². The van der Waals surface area contributed by atoms with Crippen LogP contribution in [0.15, 0.2) is 12.1 Å². The molecule has 1 aromatic carbocycles. The Morgan fingerprint density at radius 3 is 2.48 bits per heavy atom. The van der Waals surface area contributed by atoms with E-state index in [1.165, 1.54) is 12.1 Å². The van der Waals surface area contributed by atoms with E-state index >= 15 is 0 Å². The molecule has 0 bridgehead atoms. The minimum atomic E-state index is -1.75. The minimum Gasteiger partial charge on any atom is -0.457 e. The van der Waals surface area contributed by atoms with Crippen molar-refractivity contribution in [2.24, 2.45) is 0 Å². The summed E-state index contributed by atoms with van der Waals surface area (Å²) in [6.45, 7) is -0.889. The summed E-state index contributed by atoms with van der Waals surface area (Å²) in [5.41, 5.74) is 0.430. The molecule has 0 unspecified atom stereocenters. The molecule has 0 saturated carbocycles. The Morgan fingerprint density at radius 1 is 1.00 bits per heavy atom. The Kier molecular flexibility index (Phi) is 5.46. The molecular formula is C20H23NO12. The number of hydrogen-bond donors (Lipinski definition) is 8. The molecule has 13 nitrogen and oxygen atoms in total. The molecule has 0 radical (unpaired) electrons. The molecule has 5 rings (SSSR count). The van der Waals surface area contributed by atoms with Crippen LogP contribution in [0.5, 0.6) is 17.2 Å². The van der Waals surface area contributed by atoms with Gasteiger partial charge in [-0.1, -0.05) is 0 Å². The van der Waals surface area contributed by atoms with Gasteiger partial charge >= 0.3 is 0 Å². The zero-order valence-corrected chi connectivity index (χ0v) is 16.9. The number of ether oxygens (including phenoxy) is 4. The fourth-order valence-electron chi connectivity index (χ4n) is 4.46. The van der Waals surface area contributed by atoms with Crippen molar-refractivity contribution in [3.05, 3.63) is 23.3 Å². The van der Waals surface area contributed by atoms with E-state index in [1.54, 1.807) is 0 Å². The Hall–Kier alpha value is -2.49. The van der Waals surface area contributed by atoms with E-state index in [-0.39, 0.29) is 35.2 Å². The summed E-state index contributed by atoms with van der Waals surface area (Å²) in [5, 5.41) is 72.9. The van der Waals surface area contributed by atoms with Crippen LogP contribution in [0.2, 0.25) is 0 Å². The van der Waals surface area contributed by atoms with Crippen LogP contribution in [0.4, 0.5) is 0 Å². The first-order valence-corrected chi connectivity index (χ1v) is 10.2. The molecule has 1 saturated heterocycles. The second-order valence-corrected chi connectivity index (χ2v) is 8.22. The smallest absolute Gasteiger partial charge is 0.256 e. The quantitative estimate of drug-likeness (QED) is 0.214. The van der Waals surface area contributed by atoms with Crippen LogP contribution in [0.1, 0.15) is 15.9 Å². The zero-order valence-electron chi connectivity index (χ0n) is 16.9. The van der Waals surface area contributed by atoms with Crippen molar-refractivity contribution in [2.75, 3.05) is 13.4 Å². The number of rotatable bonds is 3. The van der Waals surface area contributed by atoms with Gasteiger partial charge in [0, 0.05) is 5.56 Å². The molecule has 8 N–H and O–H groups in total. The Labute approximate surface area is 186 Å². The Morgan fingerprint density at radius 2 is 1.76 bits per heavy atom. The van der Waals surface area contributed by atoms with E-state index in [0.717, 1.165) is 0 Å². The SMILES string of the molecule is O=C1N[C@@H]2C(=C[C@H](O)[C@@H](O)[C@H]2O)c2cc3c(c(O[C@@H]4O[C@H](CO)[C@@H](O)[C@H](O)[C@H]4O)c21)OCO3. The topological polar surface area (TPSA) is 208 Å². The molecule has 1 aliphatic carbocycles. The van der Waals surface area contributed by atoms with Crippen molar-refractivity contribution < 1.29 is 59.5 Å². The number of aliphatic hydroxyl groups is 7. The van der Waals surface area contributed by atoms with Gasteiger partial charge in [-0.15, -0.1) is 0 Å². The van der Waals surface area contributed by atoms with E-state index in [1.807, 2.05) is 0 Å². The number of carbonyl (C=O) groups excluding carboxylic acids is 1. The van der Waals surface area contributed by atoms with Crippen molar-refractivity contribution in [1.29, 1.82) is 0 Å². The summed E-state index contributed by atoms with van der Waals surface area (Å²) in [4.78, 5) is 13.1. The normalized spacial score (nSPS) is 39.3. The highest BCUT2D eigenvalue weighted by Crippen LogP contribution is 2.50. The maximum atomic E-state index is 13.1. The van der Waals surface area contributed by atoms with Crippen molar-refractivity contribution in [2.45, 2.75) is 55.1 Å². The molecule has 33 heavy (non-hydrogen) atoms. The second-order valence-electron chi connectivity index (χ2n) is 8.22. The van der Waals surface area contributed by atoms with E-state index in [2.05, 4.69) is 5.32 Å². The Bertz CT molecular complexity index is 996. The molecule has 1 amide bonds. The molecule has 1 aromatic rings. The van der Waals surface area contributed by atoms with Gasteiger partial charge in [-0.05, 0) is 17.7 Å². The lowest BCUT2D eigenvalue weighted by atomic mass is 9.79. The highest BCUT2D eigenvalue weighted by Gasteiger charge is 2.48. The van der Waals surface area contributed by atoms with Crippen molar-refractivity contribution >= 4 is 11.5 Å². The third-order valence-corrected chi connectivity index (χ3v) is 6.25. The van der Waals surface area contributed by atoms with Gasteiger partial charge in [-0.25, -0.2) is 0 Å². The lowest BCUT2D eigenvalue weighted by Gasteiger charge is -2.41. The average molecular weight is 469 g/mol. The molecule has 0 aromatic heterocycles. The fraction of sp³-hybridized carbons (Fsp3) is 0.550.